The van der Waals surface area contributed by atoms with E-state index in [1.165, 1.54) is 12.1 Å². The van der Waals surface area contributed by atoms with Crippen molar-refractivity contribution >= 4 is 16.8 Å². The fourth-order valence-electron chi connectivity index (χ4n) is 2.57. The quantitative estimate of drug-likeness (QED) is 0.653. The fourth-order valence-corrected chi connectivity index (χ4v) is 2.57. The standard InChI is InChI=1S/C18H15FO2/c1-3-15-17(13-6-4-5-7-16(13)21-15)18(20)14-10-12(19)9-8-11(14)2/h4-10H,3H2,1-2H3. The molecule has 0 bridgehead atoms. The van der Waals surface area contributed by atoms with Gasteiger partial charge in [0.05, 0.1) is 5.56 Å². The van der Waals surface area contributed by atoms with Crippen molar-refractivity contribution in [3.63, 3.8) is 0 Å². The normalized spacial score (nSPS) is 11.0. The molecule has 0 aliphatic rings. The predicted octanol–water partition coefficient (Wildman–Crippen LogP) is 4.67. The molecular weight excluding hydrogens is 267 g/mol. The fraction of sp³-hybridized carbons (Fsp3) is 0.167. The van der Waals surface area contributed by atoms with E-state index < -0.39 is 5.82 Å². The van der Waals surface area contributed by atoms with Crippen molar-refractivity contribution in [2.24, 2.45) is 0 Å². The maximum absolute atomic E-state index is 13.5. The summed E-state index contributed by atoms with van der Waals surface area (Å²) in [5, 5.41) is 0.781. The van der Waals surface area contributed by atoms with Gasteiger partial charge in [-0.05, 0) is 30.7 Å². The Labute approximate surface area is 122 Å². The zero-order valence-electron chi connectivity index (χ0n) is 11.9. The third kappa shape index (κ3) is 2.25. The van der Waals surface area contributed by atoms with Crippen molar-refractivity contribution < 1.29 is 13.6 Å². The summed E-state index contributed by atoms with van der Waals surface area (Å²) in [6.45, 7) is 3.74. The van der Waals surface area contributed by atoms with Crippen molar-refractivity contribution in [3.8, 4) is 0 Å². The topological polar surface area (TPSA) is 30.2 Å². The first-order chi connectivity index (χ1) is 10.1. The van der Waals surface area contributed by atoms with Crippen molar-refractivity contribution in [1.82, 2.24) is 0 Å². The molecule has 0 unspecified atom stereocenters. The molecule has 106 valence electrons. The second kappa shape index (κ2) is 5.17. The van der Waals surface area contributed by atoms with E-state index in [1.54, 1.807) is 13.0 Å². The molecule has 1 heterocycles. The zero-order valence-corrected chi connectivity index (χ0v) is 11.9. The number of para-hydroxylation sites is 1. The van der Waals surface area contributed by atoms with Crippen LogP contribution in [-0.4, -0.2) is 5.78 Å². The number of rotatable bonds is 3. The summed E-state index contributed by atoms with van der Waals surface area (Å²) in [6, 6.07) is 11.7. The predicted molar refractivity (Wildman–Crippen MR) is 80.2 cm³/mol. The summed E-state index contributed by atoms with van der Waals surface area (Å²) in [4.78, 5) is 12.8. The van der Waals surface area contributed by atoms with Gasteiger partial charge < -0.3 is 4.42 Å². The molecule has 0 saturated heterocycles. The molecule has 0 saturated carbocycles. The number of hydrogen-bond acceptors (Lipinski definition) is 2. The Morgan fingerprint density at radius 1 is 1.19 bits per heavy atom. The molecule has 2 nitrogen and oxygen atoms in total. The highest BCUT2D eigenvalue weighted by atomic mass is 19.1. The van der Waals surface area contributed by atoms with E-state index >= 15 is 0 Å². The second-order valence-electron chi connectivity index (χ2n) is 5.04. The summed E-state index contributed by atoms with van der Waals surface area (Å²) in [5.41, 5.74) is 2.37. The Bertz CT molecular complexity index is 830. The lowest BCUT2D eigenvalue weighted by atomic mass is 9.96. The number of halogens is 1. The number of ketones is 1. The second-order valence-corrected chi connectivity index (χ2v) is 5.04. The largest absolute Gasteiger partial charge is 0.460 e. The Morgan fingerprint density at radius 3 is 2.71 bits per heavy atom. The van der Waals surface area contributed by atoms with E-state index in [4.69, 9.17) is 4.42 Å². The molecule has 0 atom stereocenters. The van der Waals surface area contributed by atoms with Gasteiger partial charge in [-0.15, -0.1) is 0 Å². The van der Waals surface area contributed by atoms with Crippen LogP contribution in [0.3, 0.4) is 0 Å². The van der Waals surface area contributed by atoms with E-state index in [9.17, 15) is 9.18 Å². The lowest BCUT2D eigenvalue weighted by Crippen LogP contribution is -2.06. The van der Waals surface area contributed by atoms with Gasteiger partial charge in [0.2, 0.25) is 0 Å². The Hall–Kier alpha value is -2.42. The lowest BCUT2D eigenvalue weighted by molar-refractivity contribution is 0.103. The monoisotopic (exact) mass is 282 g/mol. The number of hydrogen-bond donors (Lipinski definition) is 0. The number of fused-ring (bicyclic) bond motifs is 1. The van der Waals surface area contributed by atoms with Crippen LogP contribution in [0.5, 0.6) is 0 Å². The number of furan rings is 1. The highest BCUT2D eigenvalue weighted by Crippen LogP contribution is 2.29. The molecule has 1 aromatic heterocycles. The molecule has 21 heavy (non-hydrogen) atoms. The first-order valence-electron chi connectivity index (χ1n) is 6.93. The molecular formula is C18H15FO2. The van der Waals surface area contributed by atoms with Gasteiger partial charge in [-0.3, -0.25) is 4.79 Å². The molecule has 2 aromatic carbocycles. The number of carbonyl (C=O) groups excluding carboxylic acids is 1. The molecule has 0 spiro atoms. The van der Waals surface area contributed by atoms with Crippen LogP contribution in [-0.2, 0) is 6.42 Å². The maximum atomic E-state index is 13.5. The summed E-state index contributed by atoms with van der Waals surface area (Å²) in [6.07, 6.45) is 0.615. The van der Waals surface area contributed by atoms with Crippen LogP contribution in [0.15, 0.2) is 46.9 Å². The van der Waals surface area contributed by atoms with Crippen molar-refractivity contribution in [1.29, 1.82) is 0 Å². The Kier molecular flexibility index (Phi) is 3.34. The van der Waals surface area contributed by atoms with E-state index in [0.29, 0.717) is 28.9 Å². The Balaban J connectivity index is 2.24. The van der Waals surface area contributed by atoms with Crippen LogP contribution < -0.4 is 0 Å². The smallest absolute Gasteiger partial charge is 0.197 e. The van der Waals surface area contributed by atoms with Crippen LogP contribution in [0, 0.1) is 12.7 Å². The van der Waals surface area contributed by atoms with Crippen LogP contribution in [0.25, 0.3) is 11.0 Å². The van der Waals surface area contributed by atoms with Crippen LogP contribution in [0.1, 0.15) is 34.2 Å². The van der Waals surface area contributed by atoms with Crippen LogP contribution in [0.2, 0.25) is 0 Å². The molecule has 3 aromatic rings. The van der Waals surface area contributed by atoms with E-state index in [-0.39, 0.29) is 5.78 Å². The van der Waals surface area contributed by atoms with Gasteiger partial charge in [-0.1, -0.05) is 31.2 Å². The molecule has 0 fully saturated rings. The lowest BCUT2D eigenvalue weighted by Gasteiger charge is -2.05. The number of aryl methyl sites for hydroxylation is 2. The summed E-state index contributed by atoms with van der Waals surface area (Å²) >= 11 is 0. The van der Waals surface area contributed by atoms with E-state index in [2.05, 4.69) is 0 Å². The molecule has 3 heteroatoms. The van der Waals surface area contributed by atoms with Gasteiger partial charge in [0.15, 0.2) is 5.78 Å². The zero-order chi connectivity index (χ0) is 15.0. The van der Waals surface area contributed by atoms with Crippen LogP contribution >= 0.6 is 0 Å². The SMILES string of the molecule is CCc1oc2ccccc2c1C(=O)c1cc(F)ccc1C. The van der Waals surface area contributed by atoms with Crippen LogP contribution in [0.4, 0.5) is 4.39 Å². The first-order valence-corrected chi connectivity index (χ1v) is 6.93. The number of carbonyl (C=O) groups is 1. The minimum Gasteiger partial charge on any atom is -0.460 e. The highest BCUT2D eigenvalue weighted by Gasteiger charge is 2.22. The van der Waals surface area contributed by atoms with Crippen molar-refractivity contribution in [2.45, 2.75) is 20.3 Å². The molecule has 3 rings (SSSR count). The molecule has 0 aliphatic carbocycles. The summed E-state index contributed by atoms with van der Waals surface area (Å²) in [7, 11) is 0. The number of benzene rings is 2. The highest BCUT2D eigenvalue weighted by molar-refractivity contribution is 6.17. The third-order valence-electron chi connectivity index (χ3n) is 3.66. The Morgan fingerprint density at radius 2 is 1.95 bits per heavy atom. The summed E-state index contributed by atoms with van der Waals surface area (Å²) in [5.74, 6) is 0.0495. The molecule has 0 aliphatic heterocycles. The third-order valence-corrected chi connectivity index (χ3v) is 3.66. The molecule has 0 N–H and O–H groups in total. The average Bonchev–Trinajstić information content (AvgIpc) is 2.87. The van der Waals surface area contributed by atoms with Gasteiger partial charge >= 0.3 is 0 Å². The maximum Gasteiger partial charge on any atom is 0.197 e. The average molecular weight is 282 g/mol. The van der Waals surface area contributed by atoms with Gasteiger partial charge in [-0.2, -0.15) is 0 Å². The van der Waals surface area contributed by atoms with Gasteiger partial charge in [0.25, 0.3) is 0 Å². The van der Waals surface area contributed by atoms with Gasteiger partial charge in [-0.25, -0.2) is 4.39 Å². The van der Waals surface area contributed by atoms with Crippen molar-refractivity contribution in [2.75, 3.05) is 0 Å². The summed E-state index contributed by atoms with van der Waals surface area (Å²) < 4.78 is 19.2. The molecule has 0 amide bonds. The minimum absolute atomic E-state index is 0.186. The minimum atomic E-state index is -0.408. The van der Waals surface area contributed by atoms with E-state index in [1.807, 2.05) is 31.2 Å². The molecule has 0 radical (unpaired) electrons. The van der Waals surface area contributed by atoms with Crippen molar-refractivity contribution in [3.05, 3.63) is 70.7 Å². The van der Waals surface area contributed by atoms with E-state index in [0.717, 1.165) is 10.9 Å². The van der Waals surface area contributed by atoms with Gasteiger partial charge in [0, 0.05) is 17.4 Å². The first kappa shape index (κ1) is 13.6. The van der Waals surface area contributed by atoms with Gasteiger partial charge in [0.1, 0.15) is 17.2 Å².